The van der Waals surface area contributed by atoms with Gasteiger partial charge in [0.2, 0.25) is 0 Å². The lowest BCUT2D eigenvalue weighted by atomic mass is 10.1. The second-order valence-electron chi connectivity index (χ2n) is 5.53. The minimum absolute atomic E-state index is 0.00105. The molecule has 0 unspecified atom stereocenters. The van der Waals surface area contributed by atoms with Gasteiger partial charge in [-0.2, -0.15) is 5.10 Å². The molecule has 0 spiro atoms. The van der Waals surface area contributed by atoms with E-state index in [2.05, 4.69) is 42.4 Å². The maximum absolute atomic E-state index is 11.9. The SMILES string of the molecule is COc1cc(C=NNC(=O)COc2c(C)cc(C)cc2Br)cc(Br)c1O. The lowest BCUT2D eigenvalue weighted by Crippen LogP contribution is -2.24. The molecular weight excluding hydrogens is 468 g/mol. The first kappa shape index (κ1) is 20.3. The molecule has 2 aromatic carbocycles. The highest BCUT2D eigenvalue weighted by molar-refractivity contribution is 9.10. The Balaban J connectivity index is 1.95. The van der Waals surface area contributed by atoms with Crippen molar-refractivity contribution in [3.8, 4) is 17.2 Å². The van der Waals surface area contributed by atoms with Gasteiger partial charge >= 0.3 is 0 Å². The van der Waals surface area contributed by atoms with Gasteiger partial charge in [-0.1, -0.05) is 6.07 Å². The lowest BCUT2D eigenvalue weighted by molar-refractivity contribution is -0.123. The molecule has 0 aliphatic heterocycles. The summed E-state index contributed by atoms with van der Waals surface area (Å²) in [4.78, 5) is 11.9. The first-order valence-electron chi connectivity index (χ1n) is 7.59. The van der Waals surface area contributed by atoms with Gasteiger partial charge in [-0.05, 0) is 80.6 Å². The fourth-order valence-corrected chi connectivity index (χ4v) is 3.51. The van der Waals surface area contributed by atoms with Crippen molar-refractivity contribution in [2.75, 3.05) is 13.7 Å². The molecule has 26 heavy (non-hydrogen) atoms. The minimum Gasteiger partial charge on any atom is -0.503 e. The van der Waals surface area contributed by atoms with E-state index in [-0.39, 0.29) is 12.4 Å². The number of phenols is 1. The number of halogens is 2. The van der Waals surface area contributed by atoms with Gasteiger partial charge in [0.25, 0.3) is 5.91 Å². The minimum atomic E-state index is -0.391. The number of nitrogens with zero attached hydrogens (tertiary/aromatic N) is 1. The van der Waals surface area contributed by atoms with Crippen LogP contribution >= 0.6 is 31.9 Å². The normalized spacial score (nSPS) is 10.8. The molecule has 138 valence electrons. The van der Waals surface area contributed by atoms with E-state index in [4.69, 9.17) is 9.47 Å². The molecule has 0 radical (unpaired) electrons. The Hall–Kier alpha value is -2.06. The van der Waals surface area contributed by atoms with Crippen molar-refractivity contribution < 1.29 is 19.4 Å². The van der Waals surface area contributed by atoms with Gasteiger partial charge in [-0.25, -0.2) is 5.43 Å². The first-order chi connectivity index (χ1) is 12.3. The predicted molar refractivity (Wildman–Crippen MR) is 107 cm³/mol. The summed E-state index contributed by atoms with van der Waals surface area (Å²) in [6, 6.07) is 7.15. The summed E-state index contributed by atoms with van der Waals surface area (Å²) >= 11 is 6.66. The van der Waals surface area contributed by atoms with E-state index < -0.39 is 5.91 Å². The predicted octanol–water partition coefficient (Wildman–Crippen LogP) is 4.07. The average molecular weight is 486 g/mol. The van der Waals surface area contributed by atoms with Crippen LogP contribution in [-0.2, 0) is 4.79 Å². The summed E-state index contributed by atoms with van der Waals surface area (Å²) in [5.41, 5.74) is 5.08. The van der Waals surface area contributed by atoms with Crippen molar-refractivity contribution in [1.82, 2.24) is 5.43 Å². The number of methoxy groups -OCH3 is 1. The number of hydrogen-bond donors (Lipinski definition) is 2. The number of ether oxygens (including phenoxy) is 2. The quantitative estimate of drug-likeness (QED) is 0.477. The van der Waals surface area contributed by atoms with Gasteiger partial charge in [-0.15, -0.1) is 0 Å². The van der Waals surface area contributed by atoms with Crippen LogP contribution < -0.4 is 14.9 Å². The van der Waals surface area contributed by atoms with Gasteiger partial charge < -0.3 is 14.6 Å². The van der Waals surface area contributed by atoms with E-state index in [0.29, 0.717) is 21.5 Å². The van der Waals surface area contributed by atoms with Crippen molar-refractivity contribution in [1.29, 1.82) is 0 Å². The van der Waals surface area contributed by atoms with Gasteiger partial charge in [0.15, 0.2) is 18.1 Å². The number of aromatic hydroxyl groups is 1. The number of phenolic OH excluding ortho intramolecular Hbond substituents is 1. The van der Waals surface area contributed by atoms with E-state index in [1.807, 2.05) is 26.0 Å². The van der Waals surface area contributed by atoms with Crippen LogP contribution in [0.5, 0.6) is 17.2 Å². The van der Waals surface area contributed by atoms with E-state index in [9.17, 15) is 9.90 Å². The Morgan fingerprint density at radius 2 is 1.96 bits per heavy atom. The third kappa shape index (κ3) is 5.22. The molecule has 0 aromatic heterocycles. The summed E-state index contributed by atoms with van der Waals surface area (Å²) < 4.78 is 11.9. The Morgan fingerprint density at radius 1 is 1.23 bits per heavy atom. The number of aryl methyl sites for hydroxylation is 2. The first-order valence-corrected chi connectivity index (χ1v) is 9.18. The number of carbonyl (C=O) groups excluding carboxylic acids is 1. The molecule has 2 rings (SSSR count). The van der Waals surface area contributed by atoms with Gasteiger partial charge in [0.1, 0.15) is 5.75 Å². The Morgan fingerprint density at radius 3 is 2.62 bits per heavy atom. The summed E-state index contributed by atoms with van der Waals surface area (Å²) in [5, 5.41) is 13.7. The topological polar surface area (TPSA) is 80.2 Å². The van der Waals surface area contributed by atoms with Gasteiger partial charge in [0, 0.05) is 0 Å². The van der Waals surface area contributed by atoms with E-state index in [1.165, 1.54) is 13.3 Å². The zero-order valence-corrected chi connectivity index (χ0v) is 17.6. The van der Waals surface area contributed by atoms with Crippen LogP contribution in [0.4, 0.5) is 0 Å². The molecule has 0 saturated carbocycles. The summed E-state index contributed by atoms with van der Waals surface area (Å²) in [6.07, 6.45) is 1.44. The molecule has 1 amide bonds. The third-order valence-electron chi connectivity index (χ3n) is 3.39. The number of benzene rings is 2. The van der Waals surface area contributed by atoms with Crippen molar-refractivity contribution in [3.63, 3.8) is 0 Å². The summed E-state index contributed by atoms with van der Waals surface area (Å²) in [7, 11) is 1.45. The van der Waals surface area contributed by atoms with E-state index in [1.54, 1.807) is 12.1 Å². The maximum Gasteiger partial charge on any atom is 0.277 e. The van der Waals surface area contributed by atoms with Crippen LogP contribution in [0.3, 0.4) is 0 Å². The molecule has 8 heteroatoms. The van der Waals surface area contributed by atoms with E-state index in [0.717, 1.165) is 15.6 Å². The number of rotatable bonds is 6. The number of hydrogen-bond acceptors (Lipinski definition) is 5. The van der Waals surface area contributed by atoms with Crippen molar-refractivity contribution >= 4 is 44.0 Å². The van der Waals surface area contributed by atoms with Crippen LogP contribution in [0.15, 0.2) is 38.3 Å². The molecule has 0 fully saturated rings. The monoisotopic (exact) mass is 484 g/mol. The Bertz CT molecular complexity index is 830. The van der Waals surface area contributed by atoms with Crippen LogP contribution in [0, 0.1) is 13.8 Å². The largest absolute Gasteiger partial charge is 0.503 e. The lowest BCUT2D eigenvalue weighted by Gasteiger charge is -2.11. The molecule has 2 N–H and O–H groups in total. The second-order valence-corrected chi connectivity index (χ2v) is 7.24. The second kappa shape index (κ2) is 9.05. The molecule has 0 saturated heterocycles. The zero-order chi connectivity index (χ0) is 19.3. The Labute approximate surface area is 168 Å². The third-order valence-corrected chi connectivity index (χ3v) is 4.59. The van der Waals surface area contributed by atoms with Crippen molar-refractivity contribution in [3.05, 3.63) is 49.9 Å². The highest BCUT2D eigenvalue weighted by Crippen LogP contribution is 2.34. The number of amides is 1. The highest BCUT2D eigenvalue weighted by atomic mass is 79.9. The fourth-order valence-electron chi connectivity index (χ4n) is 2.26. The van der Waals surface area contributed by atoms with Crippen LogP contribution in [-0.4, -0.2) is 30.9 Å². The summed E-state index contributed by atoms with van der Waals surface area (Å²) in [6.45, 7) is 3.74. The Kier molecular flexibility index (Phi) is 7.05. The molecule has 0 bridgehead atoms. The van der Waals surface area contributed by atoms with Gasteiger partial charge in [-0.3, -0.25) is 4.79 Å². The maximum atomic E-state index is 11.9. The zero-order valence-electron chi connectivity index (χ0n) is 14.5. The number of carbonyl (C=O) groups is 1. The van der Waals surface area contributed by atoms with Crippen LogP contribution in [0.25, 0.3) is 0 Å². The molecular formula is C18H18Br2N2O4. The fraction of sp³-hybridized carbons (Fsp3) is 0.222. The van der Waals surface area contributed by atoms with Crippen LogP contribution in [0.2, 0.25) is 0 Å². The van der Waals surface area contributed by atoms with Crippen molar-refractivity contribution in [2.45, 2.75) is 13.8 Å². The van der Waals surface area contributed by atoms with Crippen molar-refractivity contribution in [2.24, 2.45) is 5.10 Å². The van der Waals surface area contributed by atoms with E-state index >= 15 is 0 Å². The molecule has 0 aliphatic rings. The average Bonchev–Trinajstić information content (AvgIpc) is 2.56. The van der Waals surface area contributed by atoms with Gasteiger partial charge in [0.05, 0.1) is 22.3 Å². The summed E-state index contributed by atoms with van der Waals surface area (Å²) in [5.74, 6) is 0.538. The molecule has 0 aliphatic carbocycles. The molecule has 0 atom stereocenters. The van der Waals surface area contributed by atoms with Crippen LogP contribution in [0.1, 0.15) is 16.7 Å². The number of hydrazone groups is 1. The standard InChI is InChI=1S/C18H18Br2N2O4/c1-10-4-11(2)18(14(20)5-10)26-9-16(23)22-21-8-12-6-13(19)17(24)15(7-12)25-3/h4-8,24H,9H2,1-3H3,(H,22,23). The highest BCUT2D eigenvalue weighted by Gasteiger charge is 2.10. The smallest absolute Gasteiger partial charge is 0.277 e. The molecule has 6 nitrogen and oxygen atoms in total. The number of nitrogens with one attached hydrogen (secondary N) is 1. The molecule has 0 heterocycles. The molecule has 2 aromatic rings.